The molecule has 0 bridgehead atoms. The number of fused-ring (bicyclic) bond motifs is 1. The lowest BCUT2D eigenvalue weighted by molar-refractivity contribution is 0.168. The van der Waals surface area contributed by atoms with Crippen LogP contribution < -0.4 is 5.73 Å². The highest BCUT2D eigenvalue weighted by atomic mass is 15.2. The molecular formula is C14H28N2. The molecule has 1 saturated heterocycles. The summed E-state index contributed by atoms with van der Waals surface area (Å²) in [4.78, 5) is 2.70. The quantitative estimate of drug-likeness (QED) is 0.777. The zero-order valence-corrected chi connectivity index (χ0v) is 11.0. The van der Waals surface area contributed by atoms with Gasteiger partial charge in [0.05, 0.1) is 0 Å². The van der Waals surface area contributed by atoms with E-state index in [1.54, 1.807) is 0 Å². The molecule has 4 unspecified atom stereocenters. The van der Waals surface area contributed by atoms with Gasteiger partial charge in [-0.1, -0.05) is 26.7 Å². The van der Waals surface area contributed by atoms with Gasteiger partial charge in [0.1, 0.15) is 0 Å². The molecule has 2 rings (SSSR count). The number of rotatable bonds is 5. The fourth-order valence-corrected chi connectivity index (χ4v) is 3.93. The molecule has 2 aliphatic rings. The third-order valence-electron chi connectivity index (χ3n) is 4.87. The molecule has 16 heavy (non-hydrogen) atoms. The van der Waals surface area contributed by atoms with Gasteiger partial charge in [-0.15, -0.1) is 0 Å². The van der Waals surface area contributed by atoms with Crippen LogP contribution in [0.1, 0.15) is 46.0 Å². The van der Waals surface area contributed by atoms with Gasteiger partial charge in [-0.3, -0.25) is 4.90 Å². The summed E-state index contributed by atoms with van der Waals surface area (Å²) < 4.78 is 0. The molecule has 0 amide bonds. The summed E-state index contributed by atoms with van der Waals surface area (Å²) in [5.41, 5.74) is 5.99. The third-order valence-corrected chi connectivity index (χ3v) is 4.87. The highest BCUT2D eigenvalue weighted by Gasteiger charge is 2.39. The lowest BCUT2D eigenvalue weighted by Crippen LogP contribution is -2.44. The monoisotopic (exact) mass is 224 g/mol. The number of hydrogen-bond acceptors (Lipinski definition) is 2. The minimum atomic E-state index is 0.644. The first-order chi connectivity index (χ1) is 7.76. The van der Waals surface area contributed by atoms with Crippen molar-refractivity contribution >= 4 is 0 Å². The molecular weight excluding hydrogens is 196 g/mol. The molecule has 0 spiro atoms. The van der Waals surface area contributed by atoms with Crippen molar-refractivity contribution < 1.29 is 0 Å². The van der Waals surface area contributed by atoms with E-state index in [0.717, 1.165) is 24.3 Å². The van der Waals surface area contributed by atoms with Crippen molar-refractivity contribution in [3.63, 3.8) is 0 Å². The van der Waals surface area contributed by atoms with E-state index in [0.29, 0.717) is 6.04 Å². The summed E-state index contributed by atoms with van der Waals surface area (Å²) in [6.45, 7) is 8.18. The van der Waals surface area contributed by atoms with Gasteiger partial charge in [-0.2, -0.15) is 0 Å². The Bertz CT molecular complexity index is 205. The van der Waals surface area contributed by atoms with Crippen LogP contribution in [0.2, 0.25) is 0 Å². The molecule has 1 saturated carbocycles. The predicted molar refractivity (Wildman–Crippen MR) is 69.3 cm³/mol. The average molecular weight is 224 g/mol. The van der Waals surface area contributed by atoms with Gasteiger partial charge in [-0.05, 0) is 37.0 Å². The average Bonchev–Trinajstić information content (AvgIpc) is 2.79. The van der Waals surface area contributed by atoms with Crippen LogP contribution in [0.15, 0.2) is 0 Å². The van der Waals surface area contributed by atoms with Crippen molar-refractivity contribution in [3.8, 4) is 0 Å². The second-order valence-electron chi connectivity index (χ2n) is 5.97. The molecule has 0 aromatic carbocycles. The van der Waals surface area contributed by atoms with Crippen molar-refractivity contribution in [2.24, 2.45) is 23.5 Å². The smallest absolute Gasteiger partial charge is 0.0244 e. The van der Waals surface area contributed by atoms with E-state index >= 15 is 0 Å². The molecule has 1 aliphatic carbocycles. The summed E-state index contributed by atoms with van der Waals surface area (Å²) >= 11 is 0. The predicted octanol–water partition coefficient (Wildman–Crippen LogP) is 2.48. The van der Waals surface area contributed by atoms with Crippen LogP contribution in [-0.2, 0) is 0 Å². The van der Waals surface area contributed by atoms with Crippen LogP contribution in [0.25, 0.3) is 0 Å². The van der Waals surface area contributed by atoms with Crippen LogP contribution >= 0.6 is 0 Å². The van der Waals surface area contributed by atoms with Gasteiger partial charge >= 0.3 is 0 Å². The standard InChI is InChI=1S/C14H28N2/c1-3-5-11(2)14(8-15)16-9-12-6-4-7-13(12)10-16/h11-14H,3-10,15H2,1-2H3. The Kier molecular flexibility index (Phi) is 4.26. The highest BCUT2D eigenvalue weighted by molar-refractivity contribution is 4.92. The molecule has 4 atom stereocenters. The Labute approximate surface area is 101 Å². The molecule has 0 radical (unpaired) electrons. The first kappa shape index (κ1) is 12.4. The molecule has 0 aromatic heterocycles. The minimum Gasteiger partial charge on any atom is -0.329 e. The van der Waals surface area contributed by atoms with E-state index in [1.807, 2.05) is 0 Å². The molecule has 1 heterocycles. The van der Waals surface area contributed by atoms with Gasteiger partial charge in [0.15, 0.2) is 0 Å². The van der Waals surface area contributed by atoms with E-state index < -0.39 is 0 Å². The Morgan fingerprint density at radius 2 is 1.88 bits per heavy atom. The molecule has 2 fully saturated rings. The molecule has 0 aromatic rings. The molecule has 94 valence electrons. The Hall–Kier alpha value is -0.0800. The van der Waals surface area contributed by atoms with Gasteiger partial charge < -0.3 is 5.73 Å². The SMILES string of the molecule is CCCC(C)C(CN)N1CC2CCCC2C1. The van der Waals surface area contributed by atoms with Crippen molar-refractivity contribution in [1.82, 2.24) is 4.90 Å². The van der Waals surface area contributed by atoms with Gasteiger partial charge in [0.25, 0.3) is 0 Å². The van der Waals surface area contributed by atoms with E-state index in [4.69, 9.17) is 5.73 Å². The van der Waals surface area contributed by atoms with E-state index in [-0.39, 0.29) is 0 Å². The van der Waals surface area contributed by atoms with Crippen LogP contribution in [0, 0.1) is 17.8 Å². The number of hydrogen-bond donors (Lipinski definition) is 1. The lowest BCUT2D eigenvalue weighted by atomic mass is 9.95. The van der Waals surface area contributed by atoms with Crippen LogP contribution in [-0.4, -0.2) is 30.6 Å². The largest absolute Gasteiger partial charge is 0.329 e. The Morgan fingerprint density at radius 3 is 2.38 bits per heavy atom. The summed E-state index contributed by atoms with van der Waals surface area (Å²) in [7, 11) is 0. The first-order valence-electron chi connectivity index (χ1n) is 7.20. The summed E-state index contributed by atoms with van der Waals surface area (Å²) in [6, 6.07) is 0.644. The third kappa shape index (κ3) is 2.43. The Balaban J connectivity index is 1.90. The fourth-order valence-electron chi connectivity index (χ4n) is 3.93. The van der Waals surface area contributed by atoms with Crippen molar-refractivity contribution in [2.75, 3.05) is 19.6 Å². The minimum absolute atomic E-state index is 0.644. The van der Waals surface area contributed by atoms with E-state index in [9.17, 15) is 0 Å². The Morgan fingerprint density at radius 1 is 1.25 bits per heavy atom. The van der Waals surface area contributed by atoms with E-state index in [1.165, 1.54) is 45.2 Å². The van der Waals surface area contributed by atoms with Crippen molar-refractivity contribution in [3.05, 3.63) is 0 Å². The summed E-state index contributed by atoms with van der Waals surface area (Å²) in [5.74, 6) is 2.78. The zero-order chi connectivity index (χ0) is 11.5. The van der Waals surface area contributed by atoms with Gasteiger partial charge in [0.2, 0.25) is 0 Å². The maximum absolute atomic E-state index is 5.99. The number of nitrogens with two attached hydrogens (primary N) is 1. The highest BCUT2D eigenvalue weighted by Crippen LogP contribution is 2.39. The first-order valence-corrected chi connectivity index (χ1v) is 7.20. The van der Waals surface area contributed by atoms with Gasteiger partial charge in [0, 0.05) is 25.7 Å². The van der Waals surface area contributed by atoms with E-state index in [2.05, 4.69) is 18.7 Å². The second kappa shape index (κ2) is 5.50. The number of nitrogens with zero attached hydrogens (tertiary/aromatic N) is 1. The molecule has 1 aliphatic heterocycles. The summed E-state index contributed by atoms with van der Waals surface area (Å²) in [5, 5.41) is 0. The summed E-state index contributed by atoms with van der Waals surface area (Å²) in [6.07, 6.45) is 7.04. The fraction of sp³-hybridized carbons (Fsp3) is 1.00. The molecule has 2 nitrogen and oxygen atoms in total. The van der Waals surface area contributed by atoms with Crippen molar-refractivity contribution in [1.29, 1.82) is 0 Å². The van der Waals surface area contributed by atoms with Gasteiger partial charge in [-0.25, -0.2) is 0 Å². The molecule has 2 heteroatoms. The van der Waals surface area contributed by atoms with Crippen LogP contribution in [0.5, 0.6) is 0 Å². The topological polar surface area (TPSA) is 29.3 Å². The molecule has 2 N–H and O–H groups in total. The second-order valence-corrected chi connectivity index (χ2v) is 5.97. The number of likely N-dealkylation sites (tertiary alicyclic amines) is 1. The lowest BCUT2D eigenvalue weighted by Gasteiger charge is -2.32. The maximum Gasteiger partial charge on any atom is 0.0244 e. The van der Waals surface area contributed by atoms with Crippen LogP contribution in [0.4, 0.5) is 0 Å². The van der Waals surface area contributed by atoms with Crippen molar-refractivity contribution in [2.45, 2.75) is 52.0 Å². The van der Waals surface area contributed by atoms with Crippen LogP contribution in [0.3, 0.4) is 0 Å². The zero-order valence-electron chi connectivity index (χ0n) is 11.0. The normalized spacial score (nSPS) is 33.9. The maximum atomic E-state index is 5.99.